The number of nitrogens with one attached hydrogen (secondary N) is 1. The Morgan fingerprint density at radius 2 is 1.50 bits per heavy atom. The number of rotatable bonds is 5. The Balaban J connectivity index is 1.73. The van der Waals surface area contributed by atoms with Crippen molar-refractivity contribution in [1.29, 1.82) is 0 Å². The Morgan fingerprint density at radius 1 is 0.964 bits per heavy atom. The van der Waals surface area contributed by atoms with Crippen molar-refractivity contribution in [3.05, 3.63) is 71.3 Å². The van der Waals surface area contributed by atoms with Gasteiger partial charge in [0.25, 0.3) is 11.8 Å². The molecular formula is C21H22N2O5. The minimum Gasteiger partial charge on any atom is -0.444 e. The van der Waals surface area contributed by atoms with Crippen LogP contribution in [0.1, 0.15) is 53.1 Å². The SMILES string of the molecule is CC(C)(C)OC(=O)N[C@@H](CON1C(=O)c2ccccc2C1=O)c1ccccc1. The van der Waals surface area contributed by atoms with Gasteiger partial charge in [-0.1, -0.05) is 42.5 Å². The molecule has 146 valence electrons. The van der Waals surface area contributed by atoms with Crippen LogP contribution in [-0.2, 0) is 9.57 Å². The first-order valence-corrected chi connectivity index (χ1v) is 8.91. The summed E-state index contributed by atoms with van der Waals surface area (Å²) in [5.41, 5.74) is 0.687. The molecule has 0 radical (unpaired) electrons. The number of ether oxygens (including phenoxy) is 1. The number of imide groups is 1. The summed E-state index contributed by atoms with van der Waals surface area (Å²) in [6, 6.07) is 15.0. The summed E-state index contributed by atoms with van der Waals surface area (Å²) in [6.07, 6.45) is -0.618. The average molecular weight is 382 g/mol. The highest BCUT2D eigenvalue weighted by Gasteiger charge is 2.37. The molecule has 1 heterocycles. The van der Waals surface area contributed by atoms with Gasteiger partial charge in [-0.3, -0.25) is 14.4 Å². The third kappa shape index (κ3) is 4.37. The van der Waals surface area contributed by atoms with Crippen molar-refractivity contribution in [2.75, 3.05) is 6.61 Å². The molecule has 3 rings (SSSR count). The van der Waals surface area contributed by atoms with Crippen molar-refractivity contribution in [2.45, 2.75) is 32.4 Å². The molecule has 0 saturated heterocycles. The molecule has 28 heavy (non-hydrogen) atoms. The van der Waals surface area contributed by atoms with Crippen LogP contribution in [0.3, 0.4) is 0 Å². The largest absolute Gasteiger partial charge is 0.444 e. The van der Waals surface area contributed by atoms with Gasteiger partial charge >= 0.3 is 6.09 Å². The van der Waals surface area contributed by atoms with Gasteiger partial charge in [0, 0.05) is 0 Å². The number of hydroxylamine groups is 2. The van der Waals surface area contributed by atoms with Gasteiger partial charge in [0.05, 0.1) is 17.2 Å². The number of hydrogen-bond acceptors (Lipinski definition) is 5. The third-order valence-corrected chi connectivity index (χ3v) is 4.02. The zero-order chi connectivity index (χ0) is 20.3. The molecule has 2 aromatic carbocycles. The fraction of sp³-hybridized carbons (Fsp3) is 0.286. The maximum Gasteiger partial charge on any atom is 0.408 e. The number of alkyl carbamates (subject to hydrolysis) is 1. The highest BCUT2D eigenvalue weighted by molar-refractivity contribution is 6.20. The van der Waals surface area contributed by atoms with Gasteiger partial charge in [-0.05, 0) is 38.5 Å². The van der Waals surface area contributed by atoms with Gasteiger partial charge in [0.15, 0.2) is 0 Å². The molecule has 2 aromatic rings. The van der Waals surface area contributed by atoms with Gasteiger partial charge in [0.1, 0.15) is 12.2 Å². The molecule has 1 aliphatic heterocycles. The van der Waals surface area contributed by atoms with E-state index in [0.717, 1.165) is 10.6 Å². The maximum atomic E-state index is 12.4. The third-order valence-electron chi connectivity index (χ3n) is 4.02. The van der Waals surface area contributed by atoms with Crippen LogP contribution in [0.4, 0.5) is 4.79 Å². The van der Waals surface area contributed by atoms with Crippen molar-refractivity contribution in [2.24, 2.45) is 0 Å². The Morgan fingerprint density at radius 3 is 2.04 bits per heavy atom. The Hall–Kier alpha value is -3.19. The fourth-order valence-electron chi connectivity index (χ4n) is 2.79. The molecule has 0 aliphatic carbocycles. The molecule has 3 amide bonds. The normalized spacial score (nSPS) is 14.6. The molecule has 7 nitrogen and oxygen atoms in total. The summed E-state index contributed by atoms with van der Waals surface area (Å²) >= 11 is 0. The predicted octanol–water partition coefficient (Wildman–Crippen LogP) is 3.48. The van der Waals surface area contributed by atoms with E-state index in [0.29, 0.717) is 11.1 Å². The maximum absolute atomic E-state index is 12.4. The summed E-state index contributed by atoms with van der Waals surface area (Å²) in [6.45, 7) is 5.17. The highest BCUT2D eigenvalue weighted by Crippen LogP contribution is 2.24. The van der Waals surface area contributed by atoms with Crippen LogP contribution in [0.5, 0.6) is 0 Å². The van der Waals surface area contributed by atoms with E-state index in [2.05, 4.69) is 5.32 Å². The summed E-state index contributed by atoms with van der Waals surface area (Å²) in [5.74, 6) is -1.05. The molecule has 1 aliphatic rings. The van der Waals surface area contributed by atoms with Crippen LogP contribution in [0.25, 0.3) is 0 Å². The van der Waals surface area contributed by atoms with Gasteiger partial charge in [-0.2, -0.15) is 0 Å². The standard InChI is InChI=1S/C21H22N2O5/c1-21(2,3)28-20(26)22-17(14-9-5-4-6-10-14)13-27-23-18(24)15-11-7-8-12-16(15)19(23)25/h4-12,17H,13H2,1-3H3,(H,22,26)/t17-/m0/s1. The Bertz CT molecular complexity index is 854. The minimum atomic E-state index is -0.658. The smallest absolute Gasteiger partial charge is 0.408 e. The lowest BCUT2D eigenvalue weighted by molar-refractivity contribution is -0.0980. The molecule has 0 saturated carbocycles. The topological polar surface area (TPSA) is 84.9 Å². The monoisotopic (exact) mass is 382 g/mol. The molecule has 0 bridgehead atoms. The zero-order valence-corrected chi connectivity index (χ0v) is 16.0. The minimum absolute atomic E-state index is 0.116. The van der Waals surface area contributed by atoms with Gasteiger partial charge in [0.2, 0.25) is 0 Å². The number of carbonyl (C=O) groups excluding carboxylic acids is 3. The van der Waals surface area contributed by atoms with Crippen LogP contribution in [0.2, 0.25) is 0 Å². The highest BCUT2D eigenvalue weighted by atomic mass is 16.7. The summed E-state index contributed by atoms with van der Waals surface area (Å²) < 4.78 is 5.30. The van der Waals surface area contributed by atoms with E-state index < -0.39 is 29.6 Å². The molecule has 0 spiro atoms. The Labute approximate surface area is 163 Å². The first-order valence-electron chi connectivity index (χ1n) is 8.91. The quantitative estimate of drug-likeness (QED) is 0.801. The summed E-state index contributed by atoms with van der Waals surface area (Å²) in [4.78, 5) is 42.6. The molecule has 1 N–H and O–H groups in total. The van der Waals surface area contributed by atoms with E-state index in [1.54, 1.807) is 45.0 Å². The molecule has 7 heteroatoms. The van der Waals surface area contributed by atoms with Gasteiger partial charge in [-0.25, -0.2) is 4.79 Å². The number of amides is 3. The van der Waals surface area contributed by atoms with Crippen molar-refractivity contribution >= 4 is 17.9 Å². The average Bonchev–Trinajstić information content (AvgIpc) is 2.89. The number of hydrogen-bond donors (Lipinski definition) is 1. The van der Waals surface area contributed by atoms with Crippen molar-refractivity contribution in [1.82, 2.24) is 10.4 Å². The molecule has 0 fully saturated rings. The number of benzene rings is 2. The van der Waals surface area contributed by atoms with Crippen LogP contribution < -0.4 is 5.32 Å². The summed E-state index contributed by atoms with van der Waals surface area (Å²) in [5, 5.41) is 3.46. The van der Waals surface area contributed by atoms with Crippen LogP contribution in [-0.4, -0.2) is 35.2 Å². The lowest BCUT2D eigenvalue weighted by Crippen LogP contribution is -2.39. The van der Waals surface area contributed by atoms with Crippen LogP contribution in [0, 0.1) is 0 Å². The van der Waals surface area contributed by atoms with E-state index in [1.807, 2.05) is 30.3 Å². The van der Waals surface area contributed by atoms with Crippen molar-refractivity contribution in [3.8, 4) is 0 Å². The van der Waals surface area contributed by atoms with Crippen molar-refractivity contribution < 1.29 is 24.0 Å². The van der Waals surface area contributed by atoms with E-state index in [9.17, 15) is 14.4 Å². The number of carbonyl (C=O) groups is 3. The van der Waals surface area contributed by atoms with E-state index in [-0.39, 0.29) is 6.61 Å². The lowest BCUT2D eigenvalue weighted by Gasteiger charge is -2.25. The second kappa shape index (κ2) is 7.82. The Kier molecular flexibility index (Phi) is 5.46. The van der Waals surface area contributed by atoms with Gasteiger partial charge < -0.3 is 10.1 Å². The lowest BCUT2D eigenvalue weighted by atomic mass is 10.1. The van der Waals surface area contributed by atoms with Crippen LogP contribution in [0.15, 0.2) is 54.6 Å². The van der Waals surface area contributed by atoms with Crippen LogP contribution >= 0.6 is 0 Å². The second-order valence-electron chi connectivity index (χ2n) is 7.36. The predicted molar refractivity (Wildman–Crippen MR) is 101 cm³/mol. The van der Waals surface area contributed by atoms with Crippen molar-refractivity contribution in [3.63, 3.8) is 0 Å². The fourth-order valence-corrected chi connectivity index (χ4v) is 2.79. The first kappa shape index (κ1) is 19.6. The molecule has 0 unspecified atom stereocenters. The van der Waals surface area contributed by atoms with E-state index >= 15 is 0 Å². The zero-order valence-electron chi connectivity index (χ0n) is 16.0. The molecule has 1 atom stereocenters. The van der Waals surface area contributed by atoms with Gasteiger partial charge in [-0.15, -0.1) is 5.06 Å². The summed E-state index contributed by atoms with van der Waals surface area (Å²) in [7, 11) is 0. The van der Waals surface area contributed by atoms with E-state index in [1.165, 1.54) is 0 Å². The molecule has 0 aromatic heterocycles. The number of fused-ring (bicyclic) bond motifs is 1. The number of nitrogens with zero attached hydrogens (tertiary/aromatic N) is 1. The first-order chi connectivity index (χ1) is 13.3. The second-order valence-corrected chi connectivity index (χ2v) is 7.36. The molecular weight excluding hydrogens is 360 g/mol. The van der Waals surface area contributed by atoms with E-state index in [4.69, 9.17) is 9.57 Å².